The van der Waals surface area contributed by atoms with Crippen molar-refractivity contribution < 1.29 is 5.11 Å². The molecule has 12 heavy (non-hydrogen) atoms. The Hall–Kier alpha value is -0.480. The van der Waals surface area contributed by atoms with E-state index in [1.165, 1.54) is 12.8 Å². The molecule has 1 aliphatic carbocycles. The number of rotatable bonds is 1. The van der Waals surface area contributed by atoms with Crippen LogP contribution in [0.3, 0.4) is 0 Å². The van der Waals surface area contributed by atoms with Crippen molar-refractivity contribution >= 4 is 0 Å². The van der Waals surface area contributed by atoms with Crippen molar-refractivity contribution in [2.24, 2.45) is 5.92 Å². The Labute approximate surface area is 75.2 Å². The highest BCUT2D eigenvalue weighted by Crippen LogP contribution is 2.35. The fourth-order valence-corrected chi connectivity index (χ4v) is 1.94. The van der Waals surface area contributed by atoms with Crippen molar-refractivity contribution in [3.63, 3.8) is 0 Å². The molecule has 1 N–H and O–H groups in total. The monoisotopic (exact) mass is 166 g/mol. The lowest BCUT2D eigenvalue weighted by molar-refractivity contribution is -0.0295. The van der Waals surface area contributed by atoms with Gasteiger partial charge in [0.25, 0.3) is 0 Å². The summed E-state index contributed by atoms with van der Waals surface area (Å²) in [5.41, 5.74) is -0.456. The standard InChI is InChI=1S/C11H18O/c1-3-4-7-10-8-5-6-9-11(10,2)12/h10,12H,5-9H2,1-2H3/t10-,11-/m1/s1. The van der Waals surface area contributed by atoms with E-state index in [1.54, 1.807) is 0 Å². The van der Waals surface area contributed by atoms with Gasteiger partial charge in [-0.3, -0.25) is 0 Å². The van der Waals surface area contributed by atoms with E-state index in [9.17, 15) is 5.11 Å². The van der Waals surface area contributed by atoms with Crippen LogP contribution in [0.4, 0.5) is 0 Å². The fraction of sp³-hybridized carbons (Fsp3) is 0.818. The normalized spacial score (nSPS) is 35.4. The Morgan fingerprint density at radius 3 is 2.83 bits per heavy atom. The van der Waals surface area contributed by atoms with Crippen LogP contribution < -0.4 is 0 Å². The van der Waals surface area contributed by atoms with E-state index < -0.39 is 5.60 Å². The smallest absolute Gasteiger partial charge is 0.0656 e. The van der Waals surface area contributed by atoms with E-state index in [2.05, 4.69) is 11.8 Å². The van der Waals surface area contributed by atoms with Crippen molar-refractivity contribution in [3.8, 4) is 11.8 Å². The van der Waals surface area contributed by atoms with Gasteiger partial charge in [-0.2, -0.15) is 0 Å². The van der Waals surface area contributed by atoms with Gasteiger partial charge < -0.3 is 5.11 Å². The predicted octanol–water partition coefficient (Wildman–Crippen LogP) is 2.34. The van der Waals surface area contributed by atoms with Gasteiger partial charge in [0.2, 0.25) is 0 Å². The summed E-state index contributed by atoms with van der Waals surface area (Å²) in [6.45, 7) is 3.81. The summed E-state index contributed by atoms with van der Waals surface area (Å²) in [6.07, 6.45) is 5.38. The van der Waals surface area contributed by atoms with E-state index in [0.29, 0.717) is 5.92 Å². The predicted molar refractivity (Wildman–Crippen MR) is 50.6 cm³/mol. The summed E-state index contributed by atoms with van der Waals surface area (Å²) in [4.78, 5) is 0. The molecule has 1 aliphatic rings. The van der Waals surface area contributed by atoms with Crippen LogP contribution >= 0.6 is 0 Å². The molecule has 0 bridgehead atoms. The van der Waals surface area contributed by atoms with Crippen molar-refractivity contribution in [2.45, 2.75) is 51.6 Å². The van der Waals surface area contributed by atoms with Crippen molar-refractivity contribution in [1.82, 2.24) is 0 Å². The van der Waals surface area contributed by atoms with Crippen LogP contribution in [-0.2, 0) is 0 Å². The largest absolute Gasteiger partial charge is 0.390 e. The molecule has 0 aliphatic heterocycles. The van der Waals surface area contributed by atoms with Gasteiger partial charge in [-0.25, -0.2) is 0 Å². The van der Waals surface area contributed by atoms with Gasteiger partial charge in [0.1, 0.15) is 0 Å². The maximum Gasteiger partial charge on any atom is 0.0656 e. The van der Waals surface area contributed by atoms with Crippen molar-refractivity contribution in [1.29, 1.82) is 0 Å². The second-order valence-electron chi connectivity index (χ2n) is 3.93. The zero-order chi connectivity index (χ0) is 9.03. The van der Waals surface area contributed by atoms with E-state index in [-0.39, 0.29) is 0 Å². The highest BCUT2D eigenvalue weighted by molar-refractivity contribution is 5.00. The average molecular weight is 166 g/mol. The minimum Gasteiger partial charge on any atom is -0.390 e. The zero-order valence-corrected chi connectivity index (χ0v) is 8.06. The molecule has 1 rings (SSSR count). The first-order valence-electron chi connectivity index (χ1n) is 4.79. The number of hydrogen-bond acceptors (Lipinski definition) is 1. The van der Waals surface area contributed by atoms with E-state index in [1.807, 2.05) is 13.8 Å². The van der Waals surface area contributed by atoms with E-state index >= 15 is 0 Å². The number of aliphatic hydroxyl groups is 1. The molecule has 0 amide bonds. The maximum atomic E-state index is 9.99. The first-order chi connectivity index (χ1) is 5.67. The molecule has 0 unspecified atom stereocenters. The van der Waals surface area contributed by atoms with Crippen molar-refractivity contribution in [2.75, 3.05) is 0 Å². The van der Waals surface area contributed by atoms with E-state index in [4.69, 9.17) is 0 Å². The second-order valence-corrected chi connectivity index (χ2v) is 3.93. The average Bonchev–Trinajstić information content (AvgIpc) is 2.02. The van der Waals surface area contributed by atoms with Crippen LogP contribution in [0.2, 0.25) is 0 Å². The first-order valence-corrected chi connectivity index (χ1v) is 4.79. The highest BCUT2D eigenvalue weighted by Gasteiger charge is 2.33. The fourth-order valence-electron chi connectivity index (χ4n) is 1.94. The molecule has 0 aromatic heterocycles. The summed E-state index contributed by atoms with van der Waals surface area (Å²) < 4.78 is 0. The molecule has 0 heterocycles. The summed E-state index contributed by atoms with van der Waals surface area (Å²) in [6, 6.07) is 0. The summed E-state index contributed by atoms with van der Waals surface area (Å²) >= 11 is 0. The van der Waals surface area contributed by atoms with Crippen LogP contribution in [0, 0.1) is 17.8 Å². The molecule has 68 valence electrons. The van der Waals surface area contributed by atoms with Crippen LogP contribution in [0.1, 0.15) is 46.0 Å². The van der Waals surface area contributed by atoms with Crippen LogP contribution in [-0.4, -0.2) is 10.7 Å². The van der Waals surface area contributed by atoms with Gasteiger partial charge in [-0.15, -0.1) is 11.8 Å². The van der Waals surface area contributed by atoms with Gasteiger partial charge in [0.05, 0.1) is 5.60 Å². The number of hydrogen-bond donors (Lipinski definition) is 1. The van der Waals surface area contributed by atoms with Gasteiger partial charge in [-0.1, -0.05) is 12.8 Å². The van der Waals surface area contributed by atoms with Gasteiger partial charge in [0.15, 0.2) is 0 Å². The van der Waals surface area contributed by atoms with Crippen LogP contribution in [0.15, 0.2) is 0 Å². The molecule has 0 radical (unpaired) electrons. The highest BCUT2D eigenvalue weighted by atomic mass is 16.3. The molecule has 0 saturated heterocycles. The van der Waals surface area contributed by atoms with Crippen LogP contribution in [0.5, 0.6) is 0 Å². The Balaban J connectivity index is 2.52. The second kappa shape index (κ2) is 3.96. The Bertz CT molecular complexity index is 195. The lowest BCUT2D eigenvalue weighted by Crippen LogP contribution is -2.37. The van der Waals surface area contributed by atoms with Crippen molar-refractivity contribution in [3.05, 3.63) is 0 Å². The molecular formula is C11H18O. The lowest BCUT2D eigenvalue weighted by Gasteiger charge is -2.36. The summed E-state index contributed by atoms with van der Waals surface area (Å²) in [5, 5.41) is 9.99. The van der Waals surface area contributed by atoms with Crippen LogP contribution in [0.25, 0.3) is 0 Å². The van der Waals surface area contributed by atoms with Gasteiger partial charge in [0, 0.05) is 6.42 Å². The lowest BCUT2D eigenvalue weighted by atomic mass is 9.75. The molecular weight excluding hydrogens is 148 g/mol. The third kappa shape index (κ3) is 2.25. The molecule has 0 aromatic carbocycles. The molecule has 1 saturated carbocycles. The molecule has 0 spiro atoms. The molecule has 2 atom stereocenters. The molecule has 0 aromatic rings. The van der Waals surface area contributed by atoms with E-state index in [0.717, 1.165) is 19.3 Å². The third-order valence-corrected chi connectivity index (χ3v) is 2.89. The Kier molecular flexibility index (Phi) is 3.17. The first kappa shape index (κ1) is 9.61. The molecule has 1 heteroatoms. The summed E-state index contributed by atoms with van der Waals surface area (Å²) in [7, 11) is 0. The zero-order valence-electron chi connectivity index (χ0n) is 8.06. The Morgan fingerprint density at radius 1 is 1.50 bits per heavy atom. The Morgan fingerprint density at radius 2 is 2.25 bits per heavy atom. The molecule has 1 nitrogen and oxygen atoms in total. The SMILES string of the molecule is CC#CC[C@@H]1CCCC[C@@]1(C)O. The molecule has 1 fully saturated rings. The topological polar surface area (TPSA) is 20.2 Å². The maximum absolute atomic E-state index is 9.99. The summed E-state index contributed by atoms with van der Waals surface area (Å²) in [5.74, 6) is 6.36. The minimum atomic E-state index is -0.456. The quantitative estimate of drug-likeness (QED) is 0.593. The van der Waals surface area contributed by atoms with Gasteiger partial charge in [-0.05, 0) is 32.6 Å². The minimum absolute atomic E-state index is 0.402. The van der Waals surface area contributed by atoms with Gasteiger partial charge >= 0.3 is 0 Å². The third-order valence-electron chi connectivity index (χ3n) is 2.89.